The molecule has 140 valence electrons. The lowest BCUT2D eigenvalue weighted by Gasteiger charge is -2.31. The van der Waals surface area contributed by atoms with Crippen LogP contribution in [0.3, 0.4) is 0 Å². The number of hydrogen-bond acceptors (Lipinski definition) is 7. The molecule has 1 aromatic carbocycles. The first kappa shape index (κ1) is 16.5. The lowest BCUT2D eigenvalue weighted by Crippen LogP contribution is -2.34. The van der Waals surface area contributed by atoms with E-state index in [1.165, 1.54) is 0 Å². The Morgan fingerprint density at radius 1 is 1.00 bits per heavy atom. The van der Waals surface area contributed by atoms with Crippen LogP contribution < -0.4 is 10.6 Å². The van der Waals surface area contributed by atoms with E-state index in [1.807, 2.05) is 24.3 Å². The van der Waals surface area contributed by atoms with E-state index in [4.69, 9.17) is 14.9 Å². The largest absolute Gasteiger partial charge is 0.440 e. The maximum atomic E-state index is 5.98. The minimum Gasteiger partial charge on any atom is -0.440 e. The molecule has 0 saturated carbocycles. The van der Waals surface area contributed by atoms with Crippen molar-refractivity contribution in [3.05, 3.63) is 41.9 Å². The van der Waals surface area contributed by atoms with Crippen LogP contribution in [0, 0.1) is 0 Å². The molecule has 0 bridgehead atoms. The Labute approximate surface area is 157 Å². The third-order valence-electron chi connectivity index (χ3n) is 5.58. The van der Waals surface area contributed by atoms with E-state index in [9.17, 15) is 0 Å². The highest BCUT2D eigenvalue weighted by molar-refractivity contribution is 5.72. The minimum atomic E-state index is 0.325. The molecule has 2 saturated heterocycles. The Bertz CT molecular complexity index is 909. The number of fused-ring (bicyclic) bond motifs is 1. The highest BCUT2D eigenvalue weighted by Gasteiger charge is 2.27. The van der Waals surface area contributed by atoms with Crippen LogP contribution in [0.15, 0.2) is 34.7 Å². The van der Waals surface area contributed by atoms with Crippen LogP contribution >= 0.6 is 0 Å². The lowest BCUT2D eigenvalue weighted by molar-refractivity contribution is 0.193. The van der Waals surface area contributed by atoms with Gasteiger partial charge in [-0.25, -0.2) is 9.97 Å². The number of hydrogen-bond donors (Lipinski definition) is 1. The molecule has 2 aliphatic heterocycles. The highest BCUT2D eigenvalue weighted by Crippen LogP contribution is 2.33. The summed E-state index contributed by atoms with van der Waals surface area (Å²) in [6.07, 6.45) is 2.97. The van der Waals surface area contributed by atoms with Gasteiger partial charge in [0.2, 0.25) is 5.95 Å². The van der Waals surface area contributed by atoms with Crippen LogP contribution in [-0.4, -0.2) is 41.3 Å². The Hall–Kier alpha value is -2.67. The predicted octanol–water partition coefficient (Wildman–Crippen LogP) is 3.09. The molecule has 0 amide bonds. The zero-order valence-electron chi connectivity index (χ0n) is 15.2. The molecule has 2 N–H and O–H groups in total. The summed E-state index contributed by atoms with van der Waals surface area (Å²) in [4.78, 5) is 15.9. The van der Waals surface area contributed by atoms with Gasteiger partial charge in [-0.3, -0.25) is 0 Å². The number of anilines is 2. The van der Waals surface area contributed by atoms with Crippen LogP contribution in [0.25, 0.3) is 11.1 Å². The van der Waals surface area contributed by atoms with Crippen molar-refractivity contribution in [2.24, 2.45) is 0 Å². The SMILES string of the molecule is Nc1nc([C@H]2CCOC2)cc(N2CCC(c3nc4ccccc4o3)CC2)n1. The van der Waals surface area contributed by atoms with E-state index in [1.54, 1.807) is 0 Å². The zero-order chi connectivity index (χ0) is 18.2. The van der Waals surface area contributed by atoms with Crippen molar-refractivity contribution >= 4 is 22.9 Å². The summed E-state index contributed by atoms with van der Waals surface area (Å²) in [7, 11) is 0. The summed E-state index contributed by atoms with van der Waals surface area (Å²) in [5.41, 5.74) is 8.77. The van der Waals surface area contributed by atoms with Crippen LogP contribution in [-0.2, 0) is 4.74 Å². The number of aromatic nitrogens is 3. The average molecular weight is 365 g/mol. The zero-order valence-corrected chi connectivity index (χ0v) is 15.2. The summed E-state index contributed by atoms with van der Waals surface area (Å²) in [5, 5.41) is 0. The summed E-state index contributed by atoms with van der Waals surface area (Å²) in [6.45, 7) is 3.32. The molecule has 0 unspecified atom stereocenters. The molecule has 1 atom stereocenters. The van der Waals surface area contributed by atoms with Gasteiger partial charge in [0.05, 0.1) is 12.3 Å². The van der Waals surface area contributed by atoms with E-state index in [0.717, 1.165) is 74.1 Å². The second-order valence-electron chi connectivity index (χ2n) is 7.35. The standard InChI is InChI=1S/C20H23N5O2/c21-20-23-16(14-7-10-26-12-14)11-18(24-20)25-8-5-13(6-9-25)19-22-15-3-1-2-4-17(15)27-19/h1-4,11,13-14H,5-10,12H2,(H2,21,23,24)/t14-/m0/s1. The fourth-order valence-corrected chi connectivity index (χ4v) is 4.03. The fourth-order valence-electron chi connectivity index (χ4n) is 4.03. The number of nitrogens with zero attached hydrogens (tertiary/aromatic N) is 4. The van der Waals surface area contributed by atoms with Gasteiger partial charge in [0.15, 0.2) is 11.5 Å². The molecule has 7 heteroatoms. The smallest absolute Gasteiger partial charge is 0.222 e. The van der Waals surface area contributed by atoms with E-state index in [-0.39, 0.29) is 0 Å². The Morgan fingerprint density at radius 3 is 2.63 bits per heavy atom. The van der Waals surface area contributed by atoms with E-state index in [2.05, 4.69) is 25.9 Å². The number of benzene rings is 1. The van der Waals surface area contributed by atoms with Gasteiger partial charge in [-0.1, -0.05) is 12.1 Å². The van der Waals surface area contributed by atoms with Crippen molar-refractivity contribution in [2.75, 3.05) is 36.9 Å². The molecule has 4 heterocycles. The highest BCUT2D eigenvalue weighted by atomic mass is 16.5. The molecule has 2 aliphatic rings. The molecular weight excluding hydrogens is 342 g/mol. The summed E-state index contributed by atoms with van der Waals surface area (Å²) in [6, 6.07) is 10.0. The van der Waals surface area contributed by atoms with Crippen LogP contribution in [0.2, 0.25) is 0 Å². The van der Waals surface area contributed by atoms with E-state index < -0.39 is 0 Å². The molecular formula is C20H23N5O2. The molecule has 0 aliphatic carbocycles. The summed E-state index contributed by atoms with van der Waals surface area (Å²) >= 11 is 0. The quantitative estimate of drug-likeness (QED) is 0.763. The third-order valence-corrected chi connectivity index (χ3v) is 5.58. The normalized spacial score (nSPS) is 21.2. The van der Waals surface area contributed by atoms with Crippen molar-refractivity contribution < 1.29 is 9.15 Å². The third kappa shape index (κ3) is 3.23. The topological polar surface area (TPSA) is 90.3 Å². The fraction of sp³-hybridized carbons (Fsp3) is 0.450. The molecule has 0 radical (unpaired) electrons. The van der Waals surface area contributed by atoms with Crippen molar-refractivity contribution in [3.8, 4) is 0 Å². The summed E-state index contributed by atoms with van der Waals surface area (Å²) < 4.78 is 11.5. The number of nitrogen functional groups attached to an aromatic ring is 1. The first-order valence-electron chi connectivity index (χ1n) is 9.59. The number of nitrogens with two attached hydrogens (primary N) is 1. The van der Waals surface area contributed by atoms with Gasteiger partial charge >= 0.3 is 0 Å². The van der Waals surface area contributed by atoms with Crippen LogP contribution in [0.5, 0.6) is 0 Å². The van der Waals surface area contributed by atoms with Crippen molar-refractivity contribution in [1.82, 2.24) is 15.0 Å². The number of para-hydroxylation sites is 2. The van der Waals surface area contributed by atoms with Crippen molar-refractivity contribution in [1.29, 1.82) is 0 Å². The maximum absolute atomic E-state index is 5.98. The molecule has 3 aromatic rings. The molecule has 7 nitrogen and oxygen atoms in total. The predicted molar refractivity (Wildman–Crippen MR) is 103 cm³/mol. The minimum absolute atomic E-state index is 0.325. The second-order valence-corrected chi connectivity index (χ2v) is 7.35. The Balaban J connectivity index is 1.31. The Morgan fingerprint density at radius 2 is 1.85 bits per heavy atom. The Kier molecular flexibility index (Phi) is 4.16. The molecule has 2 fully saturated rings. The number of piperidine rings is 1. The van der Waals surface area contributed by atoms with E-state index in [0.29, 0.717) is 17.8 Å². The second kappa shape index (κ2) is 6.81. The van der Waals surface area contributed by atoms with Gasteiger partial charge in [-0.05, 0) is 31.4 Å². The van der Waals surface area contributed by atoms with Crippen LogP contribution in [0.4, 0.5) is 11.8 Å². The molecule has 0 spiro atoms. The molecule has 2 aromatic heterocycles. The summed E-state index contributed by atoms with van der Waals surface area (Å²) in [5.74, 6) is 2.78. The number of rotatable bonds is 3. The van der Waals surface area contributed by atoms with Crippen molar-refractivity contribution in [3.63, 3.8) is 0 Å². The van der Waals surface area contributed by atoms with Gasteiger partial charge in [0.1, 0.15) is 11.3 Å². The van der Waals surface area contributed by atoms with Gasteiger partial charge < -0.3 is 19.8 Å². The number of ether oxygens (including phenoxy) is 1. The van der Waals surface area contributed by atoms with Gasteiger partial charge in [0.25, 0.3) is 0 Å². The van der Waals surface area contributed by atoms with Gasteiger partial charge in [-0.15, -0.1) is 0 Å². The van der Waals surface area contributed by atoms with Gasteiger partial charge in [-0.2, -0.15) is 4.98 Å². The first-order chi connectivity index (χ1) is 13.3. The number of oxazole rings is 1. The van der Waals surface area contributed by atoms with Crippen molar-refractivity contribution in [2.45, 2.75) is 31.1 Å². The lowest BCUT2D eigenvalue weighted by atomic mass is 9.96. The molecule has 5 rings (SSSR count). The maximum Gasteiger partial charge on any atom is 0.222 e. The monoisotopic (exact) mass is 365 g/mol. The average Bonchev–Trinajstić information content (AvgIpc) is 3.37. The first-order valence-corrected chi connectivity index (χ1v) is 9.59. The van der Waals surface area contributed by atoms with Gasteiger partial charge in [0, 0.05) is 37.6 Å². The molecule has 27 heavy (non-hydrogen) atoms. The van der Waals surface area contributed by atoms with Crippen LogP contribution in [0.1, 0.15) is 42.7 Å². The van der Waals surface area contributed by atoms with E-state index >= 15 is 0 Å².